The minimum atomic E-state index is 0.660. The van der Waals surface area contributed by atoms with Crippen LogP contribution in [0.4, 0.5) is 17.1 Å². The molecule has 4 aromatic carbocycles. The van der Waals surface area contributed by atoms with Gasteiger partial charge in [0, 0.05) is 5.39 Å². The van der Waals surface area contributed by atoms with Gasteiger partial charge in [-0.1, -0.05) is 60.7 Å². The van der Waals surface area contributed by atoms with Crippen LogP contribution >= 0.6 is 0 Å². The molecule has 0 atom stereocenters. The summed E-state index contributed by atoms with van der Waals surface area (Å²) < 4.78 is 0. The summed E-state index contributed by atoms with van der Waals surface area (Å²) in [6.07, 6.45) is 0. The van der Waals surface area contributed by atoms with Crippen molar-refractivity contribution in [3.63, 3.8) is 0 Å². The highest BCUT2D eigenvalue weighted by Crippen LogP contribution is 2.32. The van der Waals surface area contributed by atoms with Crippen molar-refractivity contribution in [2.45, 2.75) is 0 Å². The topological polar surface area (TPSA) is 50.7 Å². The molecule has 0 heterocycles. The molecule has 3 heteroatoms. The lowest BCUT2D eigenvalue weighted by Crippen LogP contribution is -1.87. The molecule has 0 aliphatic heterocycles. The monoisotopic (exact) mass is 297 g/mol. The van der Waals surface area contributed by atoms with E-state index in [1.807, 2.05) is 66.7 Å². The van der Waals surface area contributed by atoms with Crippen molar-refractivity contribution in [3.05, 3.63) is 78.9 Å². The number of azo groups is 1. The van der Waals surface area contributed by atoms with E-state index < -0.39 is 0 Å². The highest BCUT2D eigenvalue weighted by molar-refractivity contribution is 5.98. The van der Waals surface area contributed by atoms with Crippen molar-refractivity contribution < 1.29 is 0 Å². The maximum Gasteiger partial charge on any atom is 0.109 e. The molecule has 0 amide bonds. The van der Waals surface area contributed by atoms with E-state index in [0.29, 0.717) is 11.4 Å². The third-order valence-corrected chi connectivity index (χ3v) is 3.95. The fourth-order valence-electron chi connectivity index (χ4n) is 2.72. The van der Waals surface area contributed by atoms with Crippen molar-refractivity contribution in [3.8, 4) is 0 Å². The second-order valence-corrected chi connectivity index (χ2v) is 5.45. The van der Waals surface area contributed by atoms with Gasteiger partial charge in [-0.25, -0.2) is 0 Å². The first-order valence-corrected chi connectivity index (χ1v) is 7.49. The van der Waals surface area contributed by atoms with E-state index >= 15 is 0 Å². The van der Waals surface area contributed by atoms with Gasteiger partial charge in [-0.15, -0.1) is 5.11 Å². The maximum absolute atomic E-state index is 6.22. The highest BCUT2D eigenvalue weighted by atomic mass is 15.1. The second kappa shape index (κ2) is 5.54. The number of hydrogen-bond acceptors (Lipinski definition) is 3. The van der Waals surface area contributed by atoms with Gasteiger partial charge in [-0.3, -0.25) is 0 Å². The Hall–Kier alpha value is -3.20. The first kappa shape index (κ1) is 13.5. The molecule has 0 aromatic heterocycles. The molecule has 4 rings (SSSR count). The zero-order valence-electron chi connectivity index (χ0n) is 12.5. The number of nitrogen functional groups attached to an aromatic ring is 1. The Labute approximate surface area is 134 Å². The van der Waals surface area contributed by atoms with Crippen LogP contribution in [0.5, 0.6) is 0 Å². The molecule has 3 nitrogen and oxygen atoms in total. The normalized spacial score (nSPS) is 11.5. The minimum absolute atomic E-state index is 0.660. The summed E-state index contributed by atoms with van der Waals surface area (Å²) in [5.74, 6) is 0. The lowest BCUT2D eigenvalue weighted by atomic mass is 10.1. The van der Waals surface area contributed by atoms with Gasteiger partial charge >= 0.3 is 0 Å². The molecule has 0 aliphatic carbocycles. The third kappa shape index (κ3) is 2.53. The summed E-state index contributed by atoms with van der Waals surface area (Å²) in [5, 5.41) is 13.1. The van der Waals surface area contributed by atoms with Crippen LogP contribution in [-0.2, 0) is 0 Å². The summed E-state index contributed by atoms with van der Waals surface area (Å²) >= 11 is 0. The summed E-state index contributed by atoms with van der Waals surface area (Å²) in [4.78, 5) is 0. The SMILES string of the molecule is Nc1c(N=Nc2ccc3ccccc3c2)ccc2ccccc12. The number of fused-ring (bicyclic) bond motifs is 2. The predicted octanol–water partition coefficient (Wildman–Crippen LogP) is 5.99. The van der Waals surface area contributed by atoms with E-state index in [9.17, 15) is 0 Å². The molecular formula is C20H15N3. The number of anilines is 1. The minimum Gasteiger partial charge on any atom is -0.396 e. The van der Waals surface area contributed by atoms with E-state index in [1.54, 1.807) is 0 Å². The van der Waals surface area contributed by atoms with E-state index in [2.05, 4.69) is 22.4 Å². The standard InChI is InChI=1S/C20H15N3/c21-20-18-8-4-3-6-15(18)10-12-19(20)23-22-17-11-9-14-5-1-2-7-16(14)13-17/h1-13H,21H2. The van der Waals surface area contributed by atoms with Gasteiger partial charge in [-0.2, -0.15) is 5.11 Å². The molecule has 110 valence electrons. The van der Waals surface area contributed by atoms with Crippen LogP contribution in [0.1, 0.15) is 0 Å². The van der Waals surface area contributed by atoms with Gasteiger partial charge in [0.15, 0.2) is 0 Å². The van der Waals surface area contributed by atoms with Crippen molar-refractivity contribution in [1.29, 1.82) is 0 Å². The molecular weight excluding hydrogens is 282 g/mol. The van der Waals surface area contributed by atoms with Crippen LogP contribution in [0.3, 0.4) is 0 Å². The Morgan fingerprint density at radius 3 is 2.17 bits per heavy atom. The largest absolute Gasteiger partial charge is 0.396 e. The summed E-state index contributed by atoms with van der Waals surface area (Å²) in [5.41, 5.74) is 8.39. The first-order chi connectivity index (χ1) is 11.3. The van der Waals surface area contributed by atoms with E-state index in [-0.39, 0.29) is 0 Å². The summed E-state index contributed by atoms with van der Waals surface area (Å²) in [6.45, 7) is 0. The van der Waals surface area contributed by atoms with Crippen molar-refractivity contribution in [2.75, 3.05) is 5.73 Å². The lowest BCUT2D eigenvalue weighted by Gasteiger charge is -2.04. The first-order valence-electron chi connectivity index (χ1n) is 7.49. The molecule has 23 heavy (non-hydrogen) atoms. The molecule has 0 unspecified atom stereocenters. The Morgan fingerprint density at radius 1 is 0.609 bits per heavy atom. The Morgan fingerprint density at radius 2 is 1.30 bits per heavy atom. The van der Waals surface area contributed by atoms with E-state index in [4.69, 9.17) is 5.73 Å². The van der Waals surface area contributed by atoms with Crippen LogP contribution < -0.4 is 5.73 Å². The number of hydrogen-bond donors (Lipinski definition) is 1. The fraction of sp³-hybridized carbons (Fsp3) is 0. The molecule has 0 bridgehead atoms. The van der Waals surface area contributed by atoms with Gasteiger partial charge < -0.3 is 5.73 Å². The average molecular weight is 297 g/mol. The Balaban J connectivity index is 1.73. The van der Waals surface area contributed by atoms with E-state index in [0.717, 1.165) is 21.8 Å². The second-order valence-electron chi connectivity index (χ2n) is 5.45. The predicted molar refractivity (Wildman–Crippen MR) is 96.5 cm³/mol. The third-order valence-electron chi connectivity index (χ3n) is 3.95. The molecule has 0 saturated heterocycles. The summed E-state index contributed by atoms with van der Waals surface area (Å²) in [7, 11) is 0. The number of rotatable bonds is 2. The van der Waals surface area contributed by atoms with Crippen LogP contribution in [0, 0.1) is 0 Å². The molecule has 4 aromatic rings. The number of benzene rings is 4. The van der Waals surface area contributed by atoms with Gasteiger partial charge in [0.05, 0.1) is 11.4 Å². The van der Waals surface area contributed by atoms with Crippen molar-refractivity contribution >= 4 is 38.6 Å². The number of nitrogens with two attached hydrogens (primary N) is 1. The smallest absolute Gasteiger partial charge is 0.109 e. The number of nitrogens with zero attached hydrogens (tertiary/aromatic N) is 2. The quantitative estimate of drug-likeness (QED) is 0.358. The van der Waals surface area contributed by atoms with Crippen LogP contribution in [0.2, 0.25) is 0 Å². The molecule has 0 aliphatic rings. The van der Waals surface area contributed by atoms with Crippen LogP contribution in [-0.4, -0.2) is 0 Å². The zero-order chi connectivity index (χ0) is 15.6. The van der Waals surface area contributed by atoms with Gasteiger partial charge in [0.25, 0.3) is 0 Å². The van der Waals surface area contributed by atoms with Crippen LogP contribution in [0.15, 0.2) is 89.1 Å². The molecule has 0 radical (unpaired) electrons. The van der Waals surface area contributed by atoms with Gasteiger partial charge in [0.1, 0.15) is 5.69 Å². The zero-order valence-corrected chi connectivity index (χ0v) is 12.5. The lowest BCUT2D eigenvalue weighted by molar-refractivity contribution is 1.24. The van der Waals surface area contributed by atoms with Crippen molar-refractivity contribution in [2.24, 2.45) is 10.2 Å². The van der Waals surface area contributed by atoms with E-state index in [1.165, 1.54) is 5.39 Å². The maximum atomic E-state index is 6.22. The fourth-order valence-corrected chi connectivity index (χ4v) is 2.72. The van der Waals surface area contributed by atoms with Crippen molar-refractivity contribution in [1.82, 2.24) is 0 Å². The Kier molecular flexibility index (Phi) is 3.24. The molecule has 0 fully saturated rings. The van der Waals surface area contributed by atoms with Gasteiger partial charge in [-0.05, 0) is 34.4 Å². The van der Waals surface area contributed by atoms with Crippen LogP contribution in [0.25, 0.3) is 21.5 Å². The molecule has 0 spiro atoms. The molecule has 0 saturated carbocycles. The summed E-state index contributed by atoms with van der Waals surface area (Å²) in [6, 6.07) is 26.2. The highest BCUT2D eigenvalue weighted by Gasteiger charge is 2.03. The Bertz CT molecular complexity index is 1040. The molecule has 2 N–H and O–H groups in total. The average Bonchev–Trinajstić information content (AvgIpc) is 2.61. The van der Waals surface area contributed by atoms with Gasteiger partial charge in [0.2, 0.25) is 0 Å².